The third-order valence-electron chi connectivity index (χ3n) is 2.44. The van der Waals surface area contributed by atoms with E-state index in [1.54, 1.807) is 0 Å². The molecule has 0 aliphatic rings. The molecule has 0 aromatic heterocycles. The Kier molecular flexibility index (Phi) is 3.49. The van der Waals surface area contributed by atoms with Gasteiger partial charge in [-0.3, -0.25) is 0 Å². The summed E-state index contributed by atoms with van der Waals surface area (Å²) < 4.78 is 0. The molecule has 0 heterocycles. The van der Waals surface area contributed by atoms with Crippen molar-refractivity contribution in [2.24, 2.45) is 0 Å². The molecular formula is C12H19N. The summed E-state index contributed by atoms with van der Waals surface area (Å²) >= 11 is 0. The van der Waals surface area contributed by atoms with Crippen molar-refractivity contribution in [1.29, 1.82) is 0 Å². The maximum atomic E-state index is 2.27. The highest BCUT2D eigenvalue weighted by Gasteiger charge is 2.10. The van der Waals surface area contributed by atoms with Gasteiger partial charge < -0.3 is 4.90 Å². The average molecular weight is 177 g/mol. The lowest BCUT2D eigenvalue weighted by atomic mass is 10.0. The molecule has 0 amide bonds. The van der Waals surface area contributed by atoms with E-state index in [4.69, 9.17) is 0 Å². The van der Waals surface area contributed by atoms with Crippen LogP contribution in [0.2, 0.25) is 0 Å². The number of benzene rings is 1. The molecule has 0 aliphatic carbocycles. The zero-order chi connectivity index (χ0) is 9.84. The molecule has 1 unspecified atom stereocenters. The van der Waals surface area contributed by atoms with E-state index in [0.29, 0.717) is 6.04 Å². The van der Waals surface area contributed by atoms with Crippen molar-refractivity contribution in [2.75, 3.05) is 14.1 Å². The normalized spacial score (nSPS) is 13.3. The quantitative estimate of drug-likeness (QED) is 0.686. The first-order chi connectivity index (χ1) is 6.15. The van der Waals surface area contributed by atoms with E-state index in [9.17, 15) is 0 Å². The summed E-state index contributed by atoms with van der Waals surface area (Å²) in [5.41, 5.74) is 2.77. The van der Waals surface area contributed by atoms with Gasteiger partial charge in [0.05, 0.1) is 0 Å². The van der Waals surface area contributed by atoms with Gasteiger partial charge in [-0.05, 0) is 33.0 Å². The third-order valence-corrected chi connectivity index (χ3v) is 2.44. The molecule has 0 spiro atoms. The van der Waals surface area contributed by atoms with Crippen LogP contribution in [0.15, 0.2) is 24.3 Å². The molecule has 72 valence electrons. The highest BCUT2D eigenvalue weighted by Crippen LogP contribution is 2.21. The Morgan fingerprint density at radius 3 is 2.46 bits per heavy atom. The Morgan fingerprint density at radius 1 is 1.31 bits per heavy atom. The summed E-state index contributed by atoms with van der Waals surface area (Å²) in [6, 6.07) is 9.32. The van der Waals surface area contributed by atoms with E-state index >= 15 is 0 Å². The fourth-order valence-corrected chi connectivity index (χ4v) is 1.78. The Hall–Kier alpha value is -0.820. The van der Waals surface area contributed by atoms with Crippen LogP contribution in [0.4, 0.5) is 0 Å². The van der Waals surface area contributed by atoms with Gasteiger partial charge in [0.25, 0.3) is 0 Å². The first-order valence-corrected chi connectivity index (χ1v) is 4.88. The van der Waals surface area contributed by atoms with Crippen LogP contribution in [-0.4, -0.2) is 19.0 Å². The SMILES string of the molecule is CCC(c1cccc(C)c1)N(C)C. The first kappa shape index (κ1) is 10.3. The van der Waals surface area contributed by atoms with Crippen molar-refractivity contribution >= 4 is 0 Å². The van der Waals surface area contributed by atoms with Gasteiger partial charge in [-0.2, -0.15) is 0 Å². The second-order valence-corrected chi connectivity index (χ2v) is 3.80. The molecular weight excluding hydrogens is 158 g/mol. The maximum absolute atomic E-state index is 2.27. The lowest BCUT2D eigenvalue weighted by Gasteiger charge is -2.23. The van der Waals surface area contributed by atoms with E-state index in [-0.39, 0.29) is 0 Å². The molecule has 0 radical (unpaired) electrons. The van der Waals surface area contributed by atoms with Gasteiger partial charge in [0, 0.05) is 6.04 Å². The van der Waals surface area contributed by atoms with Crippen LogP contribution in [0.25, 0.3) is 0 Å². The standard InChI is InChI=1S/C12H19N/c1-5-12(13(3)4)11-8-6-7-10(2)9-11/h6-9,12H,5H2,1-4H3. The molecule has 1 nitrogen and oxygen atoms in total. The number of rotatable bonds is 3. The van der Waals surface area contributed by atoms with Crippen molar-refractivity contribution in [3.8, 4) is 0 Å². The second-order valence-electron chi connectivity index (χ2n) is 3.80. The third kappa shape index (κ3) is 2.56. The van der Waals surface area contributed by atoms with Crippen LogP contribution in [0.1, 0.15) is 30.5 Å². The Balaban J connectivity index is 2.91. The lowest BCUT2D eigenvalue weighted by Crippen LogP contribution is -2.19. The molecule has 0 bridgehead atoms. The number of hydrogen-bond donors (Lipinski definition) is 0. The Morgan fingerprint density at radius 2 is 2.00 bits per heavy atom. The minimum Gasteiger partial charge on any atom is -0.302 e. The highest BCUT2D eigenvalue weighted by molar-refractivity contribution is 5.24. The largest absolute Gasteiger partial charge is 0.302 e. The van der Waals surface area contributed by atoms with Crippen molar-refractivity contribution in [3.05, 3.63) is 35.4 Å². The second kappa shape index (κ2) is 4.43. The zero-order valence-electron chi connectivity index (χ0n) is 9.04. The smallest absolute Gasteiger partial charge is 0.0339 e. The van der Waals surface area contributed by atoms with Gasteiger partial charge in [0.1, 0.15) is 0 Å². The molecule has 0 saturated carbocycles. The van der Waals surface area contributed by atoms with Crippen LogP contribution in [-0.2, 0) is 0 Å². The van der Waals surface area contributed by atoms with Gasteiger partial charge in [-0.25, -0.2) is 0 Å². The summed E-state index contributed by atoms with van der Waals surface area (Å²) in [7, 11) is 4.27. The predicted octanol–water partition coefficient (Wildman–Crippen LogP) is 3.01. The predicted molar refractivity (Wildman–Crippen MR) is 57.9 cm³/mol. The van der Waals surface area contributed by atoms with Gasteiger partial charge in [0.15, 0.2) is 0 Å². The fourth-order valence-electron chi connectivity index (χ4n) is 1.78. The van der Waals surface area contributed by atoms with Gasteiger partial charge in [-0.15, -0.1) is 0 Å². The molecule has 0 saturated heterocycles. The average Bonchev–Trinajstić information content (AvgIpc) is 2.04. The summed E-state index contributed by atoms with van der Waals surface area (Å²) in [4.78, 5) is 2.27. The summed E-state index contributed by atoms with van der Waals surface area (Å²) in [6.07, 6.45) is 1.16. The molecule has 0 aliphatic heterocycles. The summed E-state index contributed by atoms with van der Waals surface area (Å²) in [6.45, 7) is 4.37. The molecule has 0 N–H and O–H groups in total. The van der Waals surface area contributed by atoms with Crippen LogP contribution in [0.5, 0.6) is 0 Å². The number of aryl methyl sites for hydroxylation is 1. The molecule has 1 rings (SSSR count). The van der Waals surface area contributed by atoms with Crippen LogP contribution >= 0.6 is 0 Å². The molecule has 0 fully saturated rings. The van der Waals surface area contributed by atoms with E-state index < -0.39 is 0 Å². The van der Waals surface area contributed by atoms with Gasteiger partial charge >= 0.3 is 0 Å². The minimum absolute atomic E-state index is 0.555. The van der Waals surface area contributed by atoms with Gasteiger partial charge in [-0.1, -0.05) is 36.8 Å². The molecule has 1 atom stereocenters. The van der Waals surface area contributed by atoms with Crippen molar-refractivity contribution in [1.82, 2.24) is 4.90 Å². The topological polar surface area (TPSA) is 3.24 Å². The van der Waals surface area contributed by atoms with Crippen molar-refractivity contribution in [2.45, 2.75) is 26.3 Å². The van der Waals surface area contributed by atoms with E-state index in [0.717, 1.165) is 6.42 Å². The van der Waals surface area contributed by atoms with E-state index in [1.807, 2.05) is 0 Å². The zero-order valence-corrected chi connectivity index (χ0v) is 9.04. The first-order valence-electron chi connectivity index (χ1n) is 4.88. The number of hydrogen-bond acceptors (Lipinski definition) is 1. The Bertz CT molecular complexity index is 266. The van der Waals surface area contributed by atoms with E-state index in [1.165, 1.54) is 11.1 Å². The lowest BCUT2D eigenvalue weighted by molar-refractivity contribution is 0.292. The molecule has 1 heteroatoms. The Labute approximate surface area is 81.4 Å². The molecule has 13 heavy (non-hydrogen) atoms. The van der Waals surface area contributed by atoms with Crippen LogP contribution < -0.4 is 0 Å². The highest BCUT2D eigenvalue weighted by atomic mass is 15.1. The summed E-state index contributed by atoms with van der Waals surface area (Å²) in [5.74, 6) is 0. The summed E-state index contributed by atoms with van der Waals surface area (Å²) in [5, 5.41) is 0. The maximum Gasteiger partial charge on any atom is 0.0339 e. The van der Waals surface area contributed by atoms with Gasteiger partial charge in [0.2, 0.25) is 0 Å². The fraction of sp³-hybridized carbons (Fsp3) is 0.500. The van der Waals surface area contributed by atoms with Crippen LogP contribution in [0.3, 0.4) is 0 Å². The monoisotopic (exact) mass is 177 g/mol. The van der Waals surface area contributed by atoms with Crippen LogP contribution in [0, 0.1) is 6.92 Å². The molecule has 1 aromatic rings. The minimum atomic E-state index is 0.555. The van der Waals surface area contributed by atoms with E-state index in [2.05, 4.69) is 57.1 Å². The van der Waals surface area contributed by atoms with Crippen molar-refractivity contribution in [3.63, 3.8) is 0 Å². The van der Waals surface area contributed by atoms with Crippen molar-refractivity contribution < 1.29 is 0 Å². The molecule has 1 aromatic carbocycles. The number of nitrogens with zero attached hydrogens (tertiary/aromatic N) is 1.